The van der Waals surface area contributed by atoms with Crippen LogP contribution in [0.4, 0.5) is 0 Å². The molecule has 2 aromatic rings. The number of fused-ring (bicyclic) bond motifs is 1. The second kappa shape index (κ2) is 5.33. The zero-order valence-electron chi connectivity index (χ0n) is 11.3. The molecule has 6 heteroatoms. The highest BCUT2D eigenvalue weighted by Crippen LogP contribution is 2.38. The summed E-state index contributed by atoms with van der Waals surface area (Å²) in [6.45, 7) is 1.77. The van der Waals surface area contributed by atoms with Crippen LogP contribution in [0.15, 0.2) is 53.4 Å². The van der Waals surface area contributed by atoms with Crippen LogP contribution in [0.3, 0.4) is 0 Å². The minimum atomic E-state index is -3.65. The first-order valence-electron chi connectivity index (χ1n) is 6.51. The summed E-state index contributed by atoms with van der Waals surface area (Å²) in [5.74, 6) is 0.199. The molecule has 2 aromatic carbocycles. The molecular weight excluding hydrogens is 310 g/mol. The number of halogens is 1. The van der Waals surface area contributed by atoms with E-state index >= 15 is 0 Å². The van der Waals surface area contributed by atoms with Gasteiger partial charge >= 0.3 is 0 Å². The highest BCUT2D eigenvalue weighted by Gasteiger charge is 2.34. The van der Waals surface area contributed by atoms with E-state index in [1.54, 1.807) is 19.1 Å². The number of ether oxygens (including phenoxy) is 1. The van der Waals surface area contributed by atoms with Gasteiger partial charge in [0.25, 0.3) is 0 Å². The van der Waals surface area contributed by atoms with Crippen LogP contribution in [0.1, 0.15) is 18.6 Å². The molecule has 1 N–H and O–H groups in total. The Morgan fingerprint density at radius 1 is 1.10 bits per heavy atom. The fourth-order valence-electron chi connectivity index (χ4n) is 2.41. The predicted octanol–water partition coefficient (Wildman–Crippen LogP) is 3.14. The van der Waals surface area contributed by atoms with Gasteiger partial charge in [-0.15, -0.1) is 0 Å². The van der Waals surface area contributed by atoms with Crippen LogP contribution < -0.4 is 9.46 Å². The van der Waals surface area contributed by atoms with Gasteiger partial charge in [-0.25, -0.2) is 13.1 Å². The molecule has 4 nitrogen and oxygen atoms in total. The molecule has 0 bridgehead atoms. The number of benzene rings is 2. The highest BCUT2D eigenvalue weighted by atomic mass is 35.5. The van der Waals surface area contributed by atoms with E-state index in [1.807, 2.05) is 30.3 Å². The SMILES string of the molecule is CC1NS(=O)(=O)c2cccc(Cl)c2OC1c1ccccc1. The third-order valence-corrected chi connectivity index (χ3v) is 5.27. The second-order valence-corrected chi connectivity index (χ2v) is 7.02. The van der Waals surface area contributed by atoms with E-state index in [0.717, 1.165) is 5.56 Å². The first kappa shape index (κ1) is 14.4. The van der Waals surface area contributed by atoms with E-state index in [9.17, 15) is 8.42 Å². The van der Waals surface area contributed by atoms with Crippen molar-refractivity contribution < 1.29 is 13.2 Å². The maximum absolute atomic E-state index is 12.4. The maximum Gasteiger partial charge on any atom is 0.244 e. The van der Waals surface area contributed by atoms with E-state index in [0.29, 0.717) is 0 Å². The lowest BCUT2D eigenvalue weighted by Gasteiger charge is -2.22. The highest BCUT2D eigenvalue weighted by molar-refractivity contribution is 7.89. The molecule has 3 rings (SSSR count). The number of sulfonamides is 1. The van der Waals surface area contributed by atoms with Crippen molar-refractivity contribution in [3.63, 3.8) is 0 Å². The standard InChI is InChI=1S/C15H14ClNO3S/c1-10-14(11-6-3-2-4-7-11)20-15-12(16)8-5-9-13(15)21(18,19)17-10/h2-10,14,17H,1H3. The van der Waals surface area contributed by atoms with Crippen LogP contribution in [0.25, 0.3) is 0 Å². The number of para-hydroxylation sites is 1. The average molecular weight is 324 g/mol. The van der Waals surface area contributed by atoms with Crippen molar-refractivity contribution in [2.75, 3.05) is 0 Å². The van der Waals surface area contributed by atoms with Gasteiger partial charge in [-0.3, -0.25) is 0 Å². The van der Waals surface area contributed by atoms with E-state index in [1.165, 1.54) is 6.07 Å². The van der Waals surface area contributed by atoms with Crippen molar-refractivity contribution in [1.29, 1.82) is 0 Å². The molecule has 0 fully saturated rings. The van der Waals surface area contributed by atoms with Crippen LogP contribution in [0.5, 0.6) is 5.75 Å². The molecule has 0 spiro atoms. The quantitative estimate of drug-likeness (QED) is 0.877. The predicted molar refractivity (Wildman–Crippen MR) is 81.0 cm³/mol. The minimum absolute atomic E-state index is 0.0697. The van der Waals surface area contributed by atoms with Gasteiger partial charge in [-0.05, 0) is 24.6 Å². The van der Waals surface area contributed by atoms with Gasteiger partial charge in [0.05, 0.1) is 11.1 Å². The minimum Gasteiger partial charge on any atom is -0.481 e. The van der Waals surface area contributed by atoms with Crippen molar-refractivity contribution in [2.45, 2.75) is 24.0 Å². The number of hydrogen-bond acceptors (Lipinski definition) is 3. The molecule has 2 atom stereocenters. The molecule has 0 aliphatic carbocycles. The number of hydrogen-bond donors (Lipinski definition) is 1. The smallest absolute Gasteiger partial charge is 0.244 e. The average Bonchev–Trinajstić information content (AvgIpc) is 2.55. The van der Waals surface area contributed by atoms with Crippen LogP contribution in [0.2, 0.25) is 5.02 Å². The Balaban J connectivity index is 2.15. The molecule has 1 aliphatic rings. The zero-order valence-corrected chi connectivity index (χ0v) is 12.9. The van der Waals surface area contributed by atoms with Crippen LogP contribution >= 0.6 is 11.6 Å². The number of rotatable bonds is 1. The Morgan fingerprint density at radius 3 is 2.52 bits per heavy atom. The molecule has 0 radical (unpaired) electrons. The summed E-state index contributed by atoms with van der Waals surface area (Å²) < 4.78 is 33.4. The van der Waals surface area contributed by atoms with Crippen LogP contribution in [-0.2, 0) is 10.0 Å². The van der Waals surface area contributed by atoms with E-state index < -0.39 is 22.2 Å². The van der Waals surface area contributed by atoms with Gasteiger partial charge in [-0.1, -0.05) is 48.0 Å². The topological polar surface area (TPSA) is 55.4 Å². The van der Waals surface area contributed by atoms with Gasteiger partial charge in [0.2, 0.25) is 10.0 Å². The van der Waals surface area contributed by atoms with Gasteiger partial charge in [0.15, 0.2) is 5.75 Å². The molecule has 2 unspecified atom stereocenters. The maximum atomic E-state index is 12.4. The van der Waals surface area contributed by atoms with Crippen molar-refractivity contribution in [1.82, 2.24) is 4.72 Å². The number of nitrogens with one attached hydrogen (secondary N) is 1. The normalized spacial score (nSPS) is 23.7. The summed E-state index contributed by atoms with van der Waals surface area (Å²) in [5, 5.41) is 0.285. The Morgan fingerprint density at radius 2 is 1.81 bits per heavy atom. The summed E-state index contributed by atoms with van der Waals surface area (Å²) in [4.78, 5) is 0.0697. The largest absolute Gasteiger partial charge is 0.481 e. The summed E-state index contributed by atoms with van der Waals surface area (Å²) in [5.41, 5.74) is 0.889. The Labute approximate surface area is 128 Å². The van der Waals surface area contributed by atoms with Crippen molar-refractivity contribution in [3.05, 3.63) is 59.1 Å². The van der Waals surface area contributed by atoms with Crippen molar-refractivity contribution in [3.8, 4) is 5.75 Å². The third-order valence-electron chi connectivity index (χ3n) is 3.39. The van der Waals surface area contributed by atoms with Gasteiger partial charge < -0.3 is 4.74 Å². The summed E-state index contributed by atoms with van der Waals surface area (Å²) in [7, 11) is -3.65. The molecule has 0 amide bonds. The molecule has 0 saturated carbocycles. The zero-order chi connectivity index (χ0) is 15.0. The van der Waals surface area contributed by atoms with E-state index in [2.05, 4.69) is 4.72 Å². The van der Waals surface area contributed by atoms with Crippen LogP contribution in [0, 0.1) is 0 Å². The van der Waals surface area contributed by atoms with Crippen molar-refractivity contribution >= 4 is 21.6 Å². The molecule has 1 heterocycles. The van der Waals surface area contributed by atoms with E-state index in [4.69, 9.17) is 16.3 Å². The third kappa shape index (κ3) is 2.64. The van der Waals surface area contributed by atoms with Crippen molar-refractivity contribution in [2.24, 2.45) is 0 Å². The summed E-state index contributed by atoms with van der Waals surface area (Å²) >= 11 is 6.13. The first-order chi connectivity index (χ1) is 9.99. The summed E-state index contributed by atoms with van der Waals surface area (Å²) in [6, 6.07) is 13.8. The molecule has 0 saturated heterocycles. The molecule has 1 aliphatic heterocycles. The van der Waals surface area contributed by atoms with Gasteiger partial charge in [-0.2, -0.15) is 0 Å². The lowest BCUT2D eigenvalue weighted by molar-refractivity contribution is 0.174. The van der Waals surface area contributed by atoms with E-state index in [-0.39, 0.29) is 15.7 Å². The summed E-state index contributed by atoms with van der Waals surface area (Å²) in [6.07, 6.45) is -0.442. The second-order valence-electron chi connectivity index (χ2n) is 4.93. The molecule has 110 valence electrons. The fourth-order valence-corrected chi connectivity index (χ4v) is 4.09. The first-order valence-corrected chi connectivity index (χ1v) is 8.37. The van der Waals surface area contributed by atoms with Gasteiger partial charge in [0, 0.05) is 0 Å². The molecule has 21 heavy (non-hydrogen) atoms. The Bertz CT molecular complexity index is 762. The molecule has 0 aromatic heterocycles. The van der Waals surface area contributed by atoms with Crippen LogP contribution in [-0.4, -0.2) is 14.5 Å². The fraction of sp³-hybridized carbons (Fsp3) is 0.200. The Kier molecular flexibility index (Phi) is 3.65. The lowest BCUT2D eigenvalue weighted by atomic mass is 10.0. The molecular formula is C15H14ClNO3S. The van der Waals surface area contributed by atoms with Gasteiger partial charge in [0.1, 0.15) is 11.0 Å². The monoisotopic (exact) mass is 323 g/mol. The lowest BCUT2D eigenvalue weighted by Crippen LogP contribution is -2.36. The Hall–Kier alpha value is -1.56.